The Balaban J connectivity index is 2.18. The molecule has 1 aliphatic rings. The highest BCUT2D eigenvalue weighted by atomic mass is 15.3. The van der Waals surface area contributed by atoms with E-state index in [0.717, 1.165) is 18.7 Å². The van der Waals surface area contributed by atoms with E-state index < -0.39 is 0 Å². The third-order valence-electron chi connectivity index (χ3n) is 3.24. The van der Waals surface area contributed by atoms with Crippen LogP contribution in [0.3, 0.4) is 0 Å². The molecule has 4 nitrogen and oxygen atoms in total. The fourth-order valence-electron chi connectivity index (χ4n) is 2.50. The SMILES string of the molecule is NCc1nn2c(c1-c1cc[nH]c1)CCCC2. The molecule has 3 heterocycles. The number of nitrogens with two attached hydrogens (primary N) is 1. The van der Waals surface area contributed by atoms with Crippen molar-refractivity contribution in [2.45, 2.75) is 32.4 Å². The van der Waals surface area contributed by atoms with Crippen LogP contribution in [-0.4, -0.2) is 14.8 Å². The van der Waals surface area contributed by atoms with Crippen LogP contribution in [0.4, 0.5) is 0 Å². The van der Waals surface area contributed by atoms with Gasteiger partial charge in [-0.1, -0.05) is 0 Å². The van der Waals surface area contributed by atoms with E-state index >= 15 is 0 Å². The molecule has 0 spiro atoms. The van der Waals surface area contributed by atoms with Crippen LogP contribution < -0.4 is 5.73 Å². The molecule has 3 N–H and O–H groups in total. The van der Waals surface area contributed by atoms with Gasteiger partial charge in [-0.15, -0.1) is 0 Å². The lowest BCUT2D eigenvalue weighted by molar-refractivity contribution is 0.484. The number of fused-ring (bicyclic) bond motifs is 1. The molecule has 0 amide bonds. The maximum absolute atomic E-state index is 5.78. The van der Waals surface area contributed by atoms with E-state index in [-0.39, 0.29) is 0 Å². The highest BCUT2D eigenvalue weighted by Gasteiger charge is 2.20. The third-order valence-corrected chi connectivity index (χ3v) is 3.24. The summed E-state index contributed by atoms with van der Waals surface area (Å²) >= 11 is 0. The second kappa shape index (κ2) is 3.79. The summed E-state index contributed by atoms with van der Waals surface area (Å²) in [4.78, 5) is 3.10. The molecule has 16 heavy (non-hydrogen) atoms. The molecular weight excluding hydrogens is 200 g/mol. The van der Waals surface area contributed by atoms with Crippen molar-refractivity contribution in [2.24, 2.45) is 5.73 Å². The molecule has 1 aliphatic heterocycles. The van der Waals surface area contributed by atoms with Crippen molar-refractivity contribution in [2.75, 3.05) is 0 Å². The number of hydrogen-bond acceptors (Lipinski definition) is 2. The number of aromatic nitrogens is 3. The molecule has 0 aliphatic carbocycles. The first-order chi connectivity index (χ1) is 7.90. The van der Waals surface area contributed by atoms with Crippen LogP contribution in [0.2, 0.25) is 0 Å². The second-order valence-corrected chi connectivity index (χ2v) is 4.25. The summed E-state index contributed by atoms with van der Waals surface area (Å²) in [5.74, 6) is 0. The fraction of sp³-hybridized carbons (Fsp3) is 0.417. The predicted octanol–water partition coefficient (Wildman–Crippen LogP) is 1.67. The van der Waals surface area contributed by atoms with Gasteiger partial charge in [0.2, 0.25) is 0 Å². The number of hydrogen-bond donors (Lipinski definition) is 2. The predicted molar refractivity (Wildman–Crippen MR) is 62.8 cm³/mol. The molecule has 0 aromatic carbocycles. The van der Waals surface area contributed by atoms with E-state index in [9.17, 15) is 0 Å². The molecule has 2 aromatic rings. The number of aromatic amines is 1. The monoisotopic (exact) mass is 216 g/mol. The van der Waals surface area contributed by atoms with Crippen LogP contribution >= 0.6 is 0 Å². The fourth-order valence-corrected chi connectivity index (χ4v) is 2.50. The quantitative estimate of drug-likeness (QED) is 0.802. The first-order valence-electron chi connectivity index (χ1n) is 5.82. The maximum Gasteiger partial charge on any atom is 0.0842 e. The number of H-pyrrole nitrogens is 1. The minimum absolute atomic E-state index is 0.514. The van der Waals surface area contributed by atoms with Crippen molar-refractivity contribution in [1.82, 2.24) is 14.8 Å². The van der Waals surface area contributed by atoms with Gasteiger partial charge in [0.1, 0.15) is 0 Å². The lowest BCUT2D eigenvalue weighted by atomic mass is 10.0. The molecule has 0 saturated carbocycles. The van der Waals surface area contributed by atoms with Gasteiger partial charge in [0, 0.05) is 42.3 Å². The van der Waals surface area contributed by atoms with Crippen LogP contribution in [0, 0.1) is 0 Å². The molecule has 0 unspecified atom stereocenters. The molecule has 0 bridgehead atoms. The average molecular weight is 216 g/mol. The summed E-state index contributed by atoms with van der Waals surface area (Å²) < 4.78 is 2.13. The van der Waals surface area contributed by atoms with Crippen molar-refractivity contribution in [3.8, 4) is 11.1 Å². The molecule has 4 heteroatoms. The first kappa shape index (κ1) is 9.66. The van der Waals surface area contributed by atoms with Crippen LogP contribution in [0.5, 0.6) is 0 Å². The molecule has 2 aromatic heterocycles. The van der Waals surface area contributed by atoms with Crippen molar-refractivity contribution in [3.63, 3.8) is 0 Å². The van der Waals surface area contributed by atoms with E-state index in [0.29, 0.717) is 6.54 Å². The van der Waals surface area contributed by atoms with Crippen LogP contribution in [0.15, 0.2) is 18.5 Å². The maximum atomic E-state index is 5.78. The van der Waals surface area contributed by atoms with Crippen LogP contribution in [0.25, 0.3) is 11.1 Å². The Morgan fingerprint density at radius 2 is 2.38 bits per heavy atom. The molecule has 3 rings (SSSR count). The van der Waals surface area contributed by atoms with Gasteiger partial charge in [0.15, 0.2) is 0 Å². The average Bonchev–Trinajstić information content (AvgIpc) is 2.94. The first-order valence-corrected chi connectivity index (χ1v) is 5.82. The Bertz CT molecular complexity index is 481. The summed E-state index contributed by atoms with van der Waals surface area (Å²) in [6.07, 6.45) is 7.57. The molecule has 0 atom stereocenters. The lowest BCUT2D eigenvalue weighted by Gasteiger charge is -2.14. The van der Waals surface area contributed by atoms with Crippen molar-refractivity contribution >= 4 is 0 Å². The van der Waals surface area contributed by atoms with Crippen LogP contribution in [0.1, 0.15) is 24.2 Å². The zero-order chi connectivity index (χ0) is 11.0. The standard InChI is InChI=1S/C12H16N4/c13-7-10-12(9-4-5-14-8-9)11-3-1-2-6-16(11)15-10/h4-5,8,14H,1-3,6-7,13H2. The smallest absolute Gasteiger partial charge is 0.0842 e. The summed E-state index contributed by atoms with van der Waals surface area (Å²) in [6.45, 7) is 1.55. The number of nitrogens with zero attached hydrogens (tertiary/aromatic N) is 2. The van der Waals surface area contributed by atoms with Crippen LogP contribution in [-0.2, 0) is 19.5 Å². The minimum Gasteiger partial charge on any atom is -0.367 e. The normalized spacial score (nSPS) is 15.1. The van der Waals surface area contributed by atoms with Crippen molar-refractivity contribution in [3.05, 3.63) is 29.8 Å². The summed E-state index contributed by atoms with van der Waals surface area (Å²) in [5.41, 5.74) is 10.6. The van der Waals surface area contributed by atoms with Gasteiger partial charge in [0.25, 0.3) is 0 Å². The highest BCUT2D eigenvalue weighted by Crippen LogP contribution is 2.30. The number of rotatable bonds is 2. The summed E-state index contributed by atoms with van der Waals surface area (Å²) in [6, 6.07) is 2.09. The van der Waals surface area contributed by atoms with E-state index in [4.69, 9.17) is 5.73 Å². The summed E-state index contributed by atoms with van der Waals surface area (Å²) in [7, 11) is 0. The third kappa shape index (κ3) is 1.38. The Kier molecular flexibility index (Phi) is 2.29. The van der Waals surface area contributed by atoms with Crippen molar-refractivity contribution in [1.29, 1.82) is 0 Å². The topological polar surface area (TPSA) is 59.6 Å². The highest BCUT2D eigenvalue weighted by molar-refractivity contribution is 5.68. The van der Waals surface area contributed by atoms with Crippen molar-refractivity contribution < 1.29 is 0 Å². The zero-order valence-corrected chi connectivity index (χ0v) is 9.24. The van der Waals surface area contributed by atoms with E-state index in [1.54, 1.807) is 0 Å². The van der Waals surface area contributed by atoms with E-state index in [1.165, 1.54) is 29.7 Å². The van der Waals surface area contributed by atoms with Gasteiger partial charge in [-0.2, -0.15) is 5.10 Å². The molecule has 84 valence electrons. The molecule has 0 fully saturated rings. The van der Waals surface area contributed by atoms with Gasteiger partial charge in [-0.25, -0.2) is 0 Å². The molecule has 0 saturated heterocycles. The molecular formula is C12H16N4. The molecule has 0 radical (unpaired) electrons. The van der Waals surface area contributed by atoms with Gasteiger partial charge < -0.3 is 10.7 Å². The van der Waals surface area contributed by atoms with E-state index in [2.05, 4.69) is 20.8 Å². The Morgan fingerprint density at radius 1 is 1.44 bits per heavy atom. The number of aryl methyl sites for hydroxylation is 1. The summed E-state index contributed by atoms with van der Waals surface area (Å²) in [5, 5.41) is 4.60. The Morgan fingerprint density at radius 3 is 3.12 bits per heavy atom. The van der Waals surface area contributed by atoms with E-state index in [1.807, 2.05) is 12.4 Å². The largest absolute Gasteiger partial charge is 0.367 e. The van der Waals surface area contributed by atoms with Gasteiger partial charge in [-0.05, 0) is 25.3 Å². The Labute approximate surface area is 94.5 Å². The lowest BCUT2D eigenvalue weighted by Crippen LogP contribution is -2.11. The van der Waals surface area contributed by atoms with Gasteiger partial charge in [0.05, 0.1) is 5.69 Å². The second-order valence-electron chi connectivity index (χ2n) is 4.25. The minimum atomic E-state index is 0.514. The number of nitrogens with one attached hydrogen (secondary N) is 1. The Hall–Kier alpha value is -1.55. The van der Waals surface area contributed by atoms with Gasteiger partial charge in [-0.3, -0.25) is 4.68 Å². The zero-order valence-electron chi connectivity index (χ0n) is 9.24. The van der Waals surface area contributed by atoms with Gasteiger partial charge >= 0.3 is 0 Å².